The minimum atomic E-state index is -0.518. The monoisotopic (exact) mass is 421 g/mol. The molecular formula is C26H31NO4. The maximum atomic E-state index is 12.2. The van der Waals surface area contributed by atoms with Gasteiger partial charge >= 0.3 is 5.97 Å². The van der Waals surface area contributed by atoms with Crippen molar-refractivity contribution in [1.82, 2.24) is 4.98 Å². The lowest BCUT2D eigenvalue weighted by atomic mass is 10.0. The average Bonchev–Trinajstić information content (AvgIpc) is 3.27. The summed E-state index contributed by atoms with van der Waals surface area (Å²) in [6, 6.07) is 15.0. The number of nitrogens with one attached hydrogen (secondary N) is 1. The second-order valence-electron chi connectivity index (χ2n) is 7.84. The van der Waals surface area contributed by atoms with Crippen LogP contribution in [0.3, 0.4) is 0 Å². The van der Waals surface area contributed by atoms with Crippen molar-refractivity contribution in [2.24, 2.45) is 0 Å². The van der Waals surface area contributed by atoms with E-state index in [1.54, 1.807) is 12.1 Å². The van der Waals surface area contributed by atoms with Crippen molar-refractivity contribution < 1.29 is 19.1 Å². The predicted octanol–water partition coefficient (Wildman–Crippen LogP) is 5.88. The van der Waals surface area contributed by atoms with Crippen molar-refractivity contribution in [2.75, 3.05) is 13.2 Å². The first-order chi connectivity index (χ1) is 15.2. The summed E-state index contributed by atoms with van der Waals surface area (Å²) in [6.07, 6.45) is 10.6. The van der Waals surface area contributed by atoms with Gasteiger partial charge in [-0.2, -0.15) is 0 Å². The van der Waals surface area contributed by atoms with Gasteiger partial charge in [-0.25, -0.2) is 4.79 Å². The number of ether oxygens (including phenoxy) is 2. The number of ketones is 1. The van der Waals surface area contributed by atoms with Gasteiger partial charge in [0, 0.05) is 17.1 Å². The number of carbonyl (C=O) groups is 2. The van der Waals surface area contributed by atoms with Gasteiger partial charge in [-0.1, -0.05) is 51.2 Å². The number of H-pyrrole nitrogens is 1. The largest absolute Gasteiger partial charge is 0.486 e. The number of aromatic nitrogens is 1. The Labute approximate surface area is 183 Å². The molecule has 0 aliphatic heterocycles. The number of aromatic amines is 1. The molecule has 1 heterocycles. The third kappa shape index (κ3) is 7.28. The van der Waals surface area contributed by atoms with Gasteiger partial charge in [0.25, 0.3) is 0 Å². The van der Waals surface area contributed by atoms with E-state index in [4.69, 9.17) is 9.47 Å². The number of aryl methyl sites for hydroxylation is 1. The maximum absolute atomic E-state index is 12.2. The lowest BCUT2D eigenvalue weighted by Crippen LogP contribution is -2.20. The molecule has 1 aromatic heterocycles. The van der Waals surface area contributed by atoms with Crippen LogP contribution in [0, 0.1) is 0 Å². The van der Waals surface area contributed by atoms with Crippen LogP contribution in [-0.4, -0.2) is 30.0 Å². The number of esters is 1. The summed E-state index contributed by atoms with van der Waals surface area (Å²) in [7, 11) is 0. The van der Waals surface area contributed by atoms with E-state index in [-0.39, 0.29) is 19.0 Å². The summed E-state index contributed by atoms with van der Waals surface area (Å²) in [4.78, 5) is 27.3. The Morgan fingerprint density at radius 2 is 1.65 bits per heavy atom. The number of hydrogen-bond acceptors (Lipinski definition) is 4. The minimum absolute atomic E-state index is 0.124. The molecule has 164 valence electrons. The number of hydrogen-bond donors (Lipinski definition) is 1. The topological polar surface area (TPSA) is 68.4 Å². The maximum Gasteiger partial charge on any atom is 0.338 e. The Kier molecular flexibility index (Phi) is 8.71. The smallest absolute Gasteiger partial charge is 0.338 e. The molecule has 0 unspecified atom stereocenters. The first-order valence-electron chi connectivity index (χ1n) is 11.1. The van der Waals surface area contributed by atoms with Crippen LogP contribution in [0.15, 0.2) is 54.7 Å². The van der Waals surface area contributed by atoms with Gasteiger partial charge in [0.05, 0.1) is 5.56 Å². The molecule has 0 bridgehead atoms. The van der Waals surface area contributed by atoms with Gasteiger partial charge in [0.1, 0.15) is 12.4 Å². The van der Waals surface area contributed by atoms with Gasteiger partial charge in [0.2, 0.25) is 5.78 Å². The molecule has 3 aromatic rings. The molecule has 0 spiro atoms. The van der Waals surface area contributed by atoms with Crippen LogP contribution in [0.4, 0.5) is 0 Å². The molecule has 0 aliphatic carbocycles. The molecule has 5 nitrogen and oxygen atoms in total. The van der Waals surface area contributed by atoms with Crippen LogP contribution in [0.25, 0.3) is 10.9 Å². The zero-order chi connectivity index (χ0) is 21.9. The number of Topliss-reactive ketones (excluding diaryl/α,β-unsaturated/α-hetero) is 1. The lowest BCUT2D eigenvalue weighted by molar-refractivity contribution is -0.124. The molecular weight excluding hydrogens is 390 g/mol. The highest BCUT2D eigenvalue weighted by Crippen LogP contribution is 2.16. The fraction of sp³-hybridized carbons (Fsp3) is 0.385. The quantitative estimate of drug-likeness (QED) is 0.277. The lowest BCUT2D eigenvalue weighted by Gasteiger charge is -2.08. The molecule has 0 radical (unpaired) electrons. The summed E-state index contributed by atoms with van der Waals surface area (Å²) >= 11 is 0. The highest BCUT2D eigenvalue weighted by atomic mass is 16.5. The third-order valence-electron chi connectivity index (χ3n) is 5.30. The normalized spacial score (nSPS) is 10.9. The summed E-state index contributed by atoms with van der Waals surface area (Å²) in [6.45, 7) is 1.80. The average molecular weight is 422 g/mol. The number of unbranched alkanes of at least 4 members (excludes halogenated alkanes) is 5. The summed E-state index contributed by atoms with van der Waals surface area (Å²) < 4.78 is 10.7. The molecule has 3 rings (SSSR count). The first kappa shape index (κ1) is 22.6. The summed E-state index contributed by atoms with van der Waals surface area (Å²) in [5, 5.41) is 0.920. The highest BCUT2D eigenvalue weighted by molar-refractivity contribution is 5.95. The molecule has 2 aromatic carbocycles. The van der Waals surface area contributed by atoms with Crippen LogP contribution < -0.4 is 4.74 Å². The van der Waals surface area contributed by atoms with E-state index in [1.165, 1.54) is 44.1 Å². The molecule has 1 N–H and O–H groups in total. The third-order valence-corrected chi connectivity index (χ3v) is 5.30. The molecule has 0 fully saturated rings. The van der Waals surface area contributed by atoms with E-state index in [0.717, 1.165) is 17.3 Å². The van der Waals surface area contributed by atoms with E-state index in [1.807, 2.05) is 42.6 Å². The van der Waals surface area contributed by atoms with E-state index >= 15 is 0 Å². The number of carbonyl (C=O) groups excluding carboxylic acids is 2. The summed E-state index contributed by atoms with van der Waals surface area (Å²) in [5.41, 5.74) is 2.64. The second-order valence-corrected chi connectivity index (χ2v) is 7.84. The van der Waals surface area contributed by atoms with Crippen molar-refractivity contribution in [3.05, 3.63) is 65.9 Å². The SMILES string of the molecule is CCCCCCCCc1ccc(OCC(=O)COC(=O)c2ccc3[nH]ccc3c2)cc1. The van der Waals surface area contributed by atoms with Crippen LogP contribution >= 0.6 is 0 Å². The van der Waals surface area contributed by atoms with Gasteiger partial charge in [-0.05, 0) is 54.8 Å². The Balaban J connectivity index is 1.34. The molecule has 0 aliphatic rings. The standard InChI is InChI=1S/C26H31NO4/c1-2-3-4-5-6-7-8-20-9-12-24(13-10-20)30-18-23(28)19-31-26(29)22-11-14-25-21(17-22)15-16-27-25/h9-17,27H,2-8,18-19H2,1H3. The Morgan fingerprint density at radius 3 is 2.45 bits per heavy atom. The first-order valence-corrected chi connectivity index (χ1v) is 11.1. The van der Waals surface area contributed by atoms with Gasteiger partial charge in [-0.15, -0.1) is 0 Å². The van der Waals surface area contributed by atoms with E-state index in [9.17, 15) is 9.59 Å². The highest BCUT2D eigenvalue weighted by Gasteiger charge is 2.12. The van der Waals surface area contributed by atoms with Crippen molar-refractivity contribution in [2.45, 2.75) is 51.9 Å². The van der Waals surface area contributed by atoms with E-state index < -0.39 is 5.97 Å². The Morgan fingerprint density at radius 1 is 0.871 bits per heavy atom. The van der Waals surface area contributed by atoms with Gasteiger partial charge in [-0.3, -0.25) is 4.79 Å². The van der Waals surface area contributed by atoms with Gasteiger partial charge < -0.3 is 14.5 Å². The zero-order valence-electron chi connectivity index (χ0n) is 18.2. The van der Waals surface area contributed by atoms with Crippen molar-refractivity contribution in [3.8, 4) is 5.75 Å². The summed E-state index contributed by atoms with van der Waals surface area (Å²) in [5.74, 6) is -0.160. The molecule has 0 saturated carbocycles. The number of fused-ring (bicyclic) bond motifs is 1. The van der Waals surface area contributed by atoms with E-state index in [0.29, 0.717) is 11.3 Å². The van der Waals surface area contributed by atoms with Crippen LogP contribution in [0.5, 0.6) is 5.75 Å². The Hall–Kier alpha value is -3.08. The zero-order valence-corrected chi connectivity index (χ0v) is 18.2. The van der Waals surface area contributed by atoms with Crippen molar-refractivity contribution >= 4 is 22.7 Å². The molecule has 0 amide bonds. The van der Waals surface area contributed by atoms with Crippen molar-refractivity contribution in [1.29, 1.82) is 0 Å². The van der Waals surface area contributed by atoms with Crippen LogP contribution in [0.2, 0.25) is 0 Å². The second kappa shape index (κ2) is 11.9. The molecule has 5 heteroatoms. The molecule has 0 atom stereocenters. The Bertz CT molecular complexity index is 974. The molecule has 31 heavy (non-hydrogen) atoms. The van der Waals surface area contributed by atoms with Crippen molar-refractivity contribution in [3.63, 3.8) is 0 Å². The minimum Gasteiger partial charge on any atom is -0.486 e. The molecule has 0 saturated heterocycles. The van der Waals surface area contributed by atoms with Crippen LogP contribution in [0.1, 0.15) is 61.4 Å². The fourth-order valence-corrected chi connectivity index (χ4v) is 3.48. The van der Waals surface area contributed by atoms with Crippen LogP contribution in [-0.2, 0) is 16.0 Å². The van der Waals surface area contributed by atoms with E-state index in [2.05, 4.69) is 11.9 Å². The number of benzene rings is 2. The number of rotatable bonds is 13. The predicted molar refractivity (Wildman–Crippen MR) is 123 cm³/mol. The van der Waals surface area contributed by atoms with Gasteiger partial charge in [0.15, 0.2) is 6.61 Å². The fourth-order valence-electron chi connectivity index (χ4n) is 3.48.